The van der Waals surface area contributed by atoms with Crippen LogP contribution < -0.4 is 20.8 Å². The van der Waals surface area contributed by atoms with Gasteiger partial charge in [0.05, 0.1) is 19.0 Å². The quantitative estimate of drug-likeness (QED) is 0.213. The third-order valence-electron chi connectivity index (χ3n) is 4.49. The van der Waals surface area contributed by atoms with Gasteiger partial charge in [0.15, 0.2) is 6.61 Å². The summed E-state index contributed by atoms with van der Waals surface area (Å²) < 4.78 is 11.5. The van der Waals surface area contributed by atoms with Gasteiger partial charge in [0.1, 0.15) is 11.5 Å². The maximum absolute atomic E-state index is 12.0. The van der Waals surface area contributed by atoms with E-state index in [1.54, 1.807) is 30.3 Å². The van der Waals surface area contributed by atoms with Crippen LogP contribution in [0.2, 0.25) is 0 Å². The number of rotatable bonds is 10. The molecule has 10 heteroatoms. The summed E-state index contributed by atoms with van der Waals surface area (Å²) in [6, 6.07) is 18.2. The van der Waals surface area contributed by atoms with Crippen LogP contribution in [0, 0.1) is 0 Å². The van der Waals surface area contributed by atoms with Gasteiger partial charge in [-0.2, -0.15) is 5.10 Å². The van der Waals surface area contributed by atoms with Gasteiger partial charge in [0.2, 0.25) is 0 Å². The fraction of sp³-hybridized carbons (Fsp3) is 0.167. The number of halogens is 1. The van der Waals surface area contributed by atoms with Crippen molar-refractivity contribution in [1.82, 2.24) is 16.1 Å². The average Bonchev–Trinajstić information content (AvgIpc) is 3.36. The van der Waals surface area contributed by atoms with Crippen molar-refractivity contribution >= 4 is 39.9 Å². The van der Waals surface area contributed by atoms with E-state index in [0.717, 1.165) is 10.0 Å². The predicted octanol–water partition coefficient (Wildman–Crippen LogP) is 2.55. The van der Waals surface area contributed by atoms with Gasteiger partial charge < -0.3 is 19.8 Å². The van der Waals surface area contributed by atoms with E-state index in [1.165, 1.54) is 12.5 Å². The third-order valence-corrected chi connectivity index (χ3v) is 4.98. The maximum Gasteiger partial charge on any atom is 0.329 e. The SMILES string of the molecule is O=C(COc1ccc(Br)cc1/C=N\NC(=O)C(=O)NCCc1ccccc1)NCc1ccco1. The summed E-state index contributed by atoms with van der Waals surface area (Å²) in [6.45, 7) is 0.355. The first kappa shape index (κ1) is 24.7. The normalized spacial score (nSPS) is 10.6. The van der Waals surface area contributed by atoms with Crippen molar-refractivity contribution in [3.63, 3.8) is 0 Å². The number of hydrogen-bond acceptors (Lipinski definition) is 6. The predicted molar refractivity (Wildman–Crippen MR) is 129 cm³/mol. The van der Waals surface area contributed by atoms with Crippen LogP contribution in [0.1, 0.15) is 16.9 Å². The van der Waals surface area contributed by atoms with Gasteiger partial charge in [-0.05, 0) is 42.3 Å². The lowest BCUT2D eigenvalue weighted by atomic mass is 10.1. The van der Waals surface area contributed by atoms with Gasteiger partial charge in [-0.3, -0.25) is 14.4 Å². The first-order valence-corrected chi connectivity index (χ1v) is 11.2. The molecule has 1 aromatic heterocycles. The summed E-state index contributed by atoms with van der Waals surface area (Å²) in [5.74, 6) is -1.000. The van der Waals surface area contributed by atoms with Crippen LogP contribution in [-0.4, -0.2) is 37.1 Å². The first-order chi connectivity index (χ1) is 16.5. The van der Waals surface area contributed by atoms with Crippen LogP contribution in [-0.2, 0) is 27.3 Å². The molecule has 3 N–H and O–H groups in total. The molecule has 0 radical (unpaired) electrons. The topological polar surface area (TPSA) is 122 Å². The van der Waals surface area contributed by atoms with E-state index < -0.39 is 11.8 Å². The number of benzene rings is 2. The Morgan fingerprint density at radius 1 is 1.00 bits per heavy atom. The standard InChI is InChI=1S/C24H23BrN4O5/c25-19-8-9-21(34-16-22(30)27-15-20-7-4-12-33-20)18(13-19)14-28-29-24(32)23(31)26-11-10-17-5-2-1-3-6-17/h1-9,12-14H,10-11,15-16H2,(H,26,31)(H,27,30)(H,29,32)/b28-14-. The Kier molecular flexibility index (Phi) is 9.41. The molecule has 34 heavy (non-hydrogen) atoms. The molecule has 0 saturated heterocycles. The van der Waals surface area contributed by atoms with E-state index in [2.05, 4.69) is 37.1 Å². The van der Waals surface area contributed by atoms with Crippen LogP contribution in [0.15, 0.2) is 80.9 Å². The lowest BCUT2D eigenvalue weighted by Gasteiger charge is -2.09. The number of nitrogens with zero attached hydrogens (tertiary/aromatic N) is 1. The number of hydrogen-bond donors (Lipinski definition) is 3. The number of nitrogens with one attached hydrogen (secondary N) is 3. The number of ether oxygens (including phenoxy) is 1. The van der Waals surface area contributed by atoms with E-state index in [4.69, 9.17) is 9.15 Å². The highest BCUT2D eigenvalue weighted by molar-refractivity contribution is 9.10. The van der Waals surface area contributed by atoms with Gasteiger partial charge in [0, 0.05) is 16.6 Å². The number of furan rings is 1. The summed E-state index contributed by atoms with van der Waals surface area (Å²) in [7, 11) is 0. The molecule has 0 atom stereocenters. The molecule has 3 rings (SSSR count). The van der Waals surface area contributed by atoms with Gasteiger partial charge in [-0.15, -0.1) is 0 Å². The van der Waals surface area contributed by atoms with Gasteiger partial charge >= 0.3 is 11.8 Å². The molecule has 0 unspecified atom stereocenters. The minimum absolute atomic E-state index is 0.223. The Bertz CT molecular complexity index is 1130. The molecule has 0 aliphatic carbocycles. The Balaban J connectivity index is 1.46. The zero-order chi connectivity index (χ0) is 24.2. The van der Waals surface area contributed by atoms with E-state index in [0.29, 0.717) is 30.0 Å². The van der Waals surface area contributed by atoms with E-state index in [9.17, 15) is 14.4 Å². The molecule has 0 fully saturated rings. The smallest absolute Gasteiger partial charge is 0.329 e. The van der Waals surface area contributed by atoms with Crippen molar-refractivity contribution in [3.8, 4) is 5.75 Å². The highest BCUT2D eigenvalue weighted by Gasteiger charge is 2.12. The zero-order valence-corrected chi connectivity index (χ0v) is 19.7. The van der Waals surface area contributed by atoms with Crippen LogP contribution in [0.4, 0.5) is 0 Å². The number of carbonyl (C=O) groups excluding carboxylic acids is 3. The lowest BCUT2D eigenvalue weighted by Crippen LogP contribution is -2.38. The van der Waals surface area contributed by atoms with Crippen LogP contribution in [0.25, 0.3) is 0 Å². The zero-order valence-electron chi connectivity index (χ0n) is 18.1. The molecule has 0 spiro atoms. The molecule has 0 saturated carbocycles. The highest BCUT2D eigenvalue weighted by Crippen LogP contribution is 2.21. The molecular formula is C24H23BrN4O5. The molecule has 3 aromatic rings. The van der Waals surface area contributed by atoms with Crippen molar-refractivity contribution in [1.29, 1.82) is 0 Å². The molecular weight excluding hydrogens is 504 g/mol. The molecule has 176 valence electrons. The number of carbonyl (C=O) groups is 3. The van der Waals surface area contributed by atoms with Crippen LogP contribution >= 0.6 is 15.9 Å². The van der Waals surface area contributed by atoms with Crippen molar-refractivity contribution in [2.75, 3.05) is 13.2 Å². The molecule has 0 bridgehead atoms. The molecule has 0 aliphatic rings. The molecule has 3 amide bonds. The largest absolute Gasteiger partial charge is 0.483 e. The van der Waals surface area contributed by atoms with E-state index >= 15 is 0 Å². The van der Waals surface area contributed by atoms with Gasteiger partial charge in [0.25, 0.3) is 5.91 Å². The van der Waals surface area contributed by atoms with Crippen molar-refractivity contribution < 1.29 is 23.5 Å². The minimum atomic E-state index is -0.890. The molecule has 2 aromatic carbocycles. The average molecular weight is 527 g/mol. The molecule has 9 nitrogen and oxygen atoms in total. The fourth-order valence-electron chi connectivity index (χ4n) is 2.80. The van der Waals surface area contributed by atoms with Crippen LogP contribution in [0.5, 0.6) is 5.75 Å². The second-order valence-corrected chi connectivity index (χ2v) is 7.93. The number of hydrazone groups is 1. The summed E-state index contributed by atoms with van der Waals surface area (Å²) in [4.78, 5) is 35.9. The van der Waals surface area contributed by atoms with Gasteiger partial charge in [-0.1, -0.05) is 46.3 Å². The maximum atomic E-state index is 12.0. The Morgan fingerprint density at radius 2 is 1.82 bits per heavy atom. The Hall–Kier alpha value is -3.92. The van der Waals surface area contributed by atoms with E-state index in [-0.39, 0.29) is 19.1 Å². The van der Waals surface area contributed by atoms with Crippen molar-refractivity contribution in [3.05, 3.63) is 88.3 Å². The van der Waals surface area contributed by atoms with E-state index in [1.807, 2.05) is 30.3 Å². The second kappa shape index (κ2) is 12.9. The first-order valence-electron chi connectivity index (χ1n) is 10.4. The summed E-state index contributed by atoms with van der Waals surface area (Å²) in [5, 5.41) is 9.06. The Morgan fingerprint density at radius 3 is 2.59 bits per heavy atom. The van der Waals surface area contributed by atoms with Gasteiger partial charge in [-0.25, -0.2) is 5.43 Å². The van der Waals surface area contributed by atoms with Crippen molar-refractivity contribution in [2.24, 2.45) is 5.10 Å². The highest BCUT2D eigenvalue weighted by atomic mass is 79.9. The molecule has 1 heterocycles. The summed E-state index contributed by atoms with van der Waals surface area (Å²) in [6.07, 6.45) is 3.46. The van der Waals surface area contributed by atoms with Crippen molar-refractivity contribution in [2.45, 2.75) is 13.0 Å². The molecule has 0 aliphatic heterocycles. The lowest BCUT2D eigenvalue weighted by molar-refractivity contribution is -0.139. The summed E-state index contributed by atoms with van der Waals surface area (Å²) in [5.41, 5.74) is 3.74. The summed E-state index contributed by atoms with van der Waals surface area (Å²) >= 11 is 3.36. The van der Waals surface area contributed by atoms with Crippen LogP contribution in [0.3, 0.4) is 0 Å². The number of amides is 3. The Labute approximate surface area is 204 Å². The monoisotopic (exact) mass is 526 g/mol. The second-order valence-electron chi connectivity index (χ2n) is 7.02. The third kappa shape index (κ3) is 8.21. The minimum Gasteiger partial charge on any atom is -0.483 e. The fourth-order valence-corrected chi connectivity index (χ4v) is 3.18.